The molecule has 0 saturated carbocycles. The molecule has 0 aromatic heterocycles. The minimum Gasteiger partial charge on any atom is -0.462 e. The zero-order valence-corrected chi connectivity index (χ0v) is 11.5. The van der Waals surface area contributed by atoms with Crippen molar-refractivity contribution < 1.29 is 19.1 Å². The van der Waals surface area contributed by atoms with Gasteiger partial charge in [0.2, 0.25) is 0 Å². The summed E-state index contributed by atoms with van der Waals surface area (Å²) in [5.74, 6) is -0.223. The van der Waals surface area contributed by atoms with Gasteiger partial charge in [0, 0.05) is 17.9 Å². The molecule has 2 saturated heterocycles. The fraction of sp³-hybridized carbons (Fsp3) is 0.429. The van der Waals surface area contributed by atoms with E-state index in [1.807, 2.05) is 29.2 Å². The second-order valence-electron chi connectivity index (χ2n) is 5.01. The van der Waals surface area contributed by atoms with Crippen LogP contribution in [-0.2, 0) is 14.3 Å². The number of hydrogen-bond acceptors (Lipinski definition) is 6. The second kappa shape index (κ2) is 5.61. The van der Waals surface area contributed by atoms with Gasteiger partial charge in [0.1, 0.15) is 19.3 Å². The molecule has 2 aliphatic heterocycles. The first kappa shape index (κ1) is 13.7. The Kier molecular flexibility index (Phi) is 3.66. The van der Waals surface area contributed by atoms with Gasteiger partial charge in [-0.05, 0) is 24.3 Å². The average Bonchev–Trinajstić information content (AvgIpc) is 2.89. The number of ether oxygens (including phenoxy) is 2. The number of hydrogen-bond donors (Lipinski definition) is 1. The Labute approximate surface area is 122 Å². The van der Waals surface area contributed by atoms with E-state index in [0.717, 1.165) is 11.4 Å². The molecular formula is C14H17N3O4. The number of carbonyl (C=O) groups is 2. The molecule has 1 aromatic carbocycles. The number of morpholine rings is 1. The van der Waals surface area contributed by atoms with Crippen molar-refractivity contribution in [2.24, 2.45) is 5.73 Å². The van der Waals surface area contributed by atoms with Crippen LogP contribution < -0.4 is 15.5 Å². The average molecular weight is 291 g/mol. The van der Waals surface area contributed by atoms with Crippen LogP contribution in [-0.4, -0.2) is 51.0 Å². The highest BCUT2D eigenvalue weighted by atomic mass is 16.6. The molecule has 0 spiro atoms. The highest BCUT2D eigenvalue weighted by Crippen LogP contribution is 2.25. The Balaban J connectivity index is 1.72. The van der Waals surface area contributed by atoms with E-state index >= 15 is 0 Å². The van der Waals surface area contributed by atoms with Crippen molar-refractivity contribution in [3.63, 3.8) is 0 Å². The normalized spacial score (nSPS) is 22.2. The quantitative estimate of drug-likeness (QED) is 0.808. The molecule has 2 aliphatic rings. The summed E-state index contributed by atoms with van der Waals surface area (Å²) in [6.45, 7) is 2.10. The molecule has 2 fully saturated rings. The zero-order valence-electron chi connectivity index (χ0n) is 11.5. The lowest BCUT2D eigenvalue weighted by Crippen LogP contribution is -2.39. The molecule has 2 N–H and O–H groups in total. The number of cyclic esters (lactones) is 2. The van der Waals surface area contributed by atoms with Crippen molar-refractivity contribution >= 4 is 23.4 Å². The minimum absolute atomic E-state index is 0.223. The molecule has 0 bridgehead atoms. The molecule has 7 nitrogen and oxygen atoms in total. The van der Waals surface area contributed by atoms with Crippen LogP contribution >= 0.6 is 0 Å². The van der Waals surface area contributed by atoms with Gasteiger partial charge in [-0.15, -0.1) is 0 Å². The number of nitrogens with zero attached hydrogens (tertiary/aromatic N) is 2. The summed E-state index contributed by atoms with van der Waals surface area (Å²) in [5, 5.41) is 0. The van der Waals surface area contributed by atoms with Gasteiger partial charge >= 0.3 is 12.1 Å². The predicted octanol–water partition coefficient (Wildman–Crippen LogP) is 0.334. The number of esters is 1. The molecule has 1 atom stereocenters. The largest absolute Gasteiger partial charge is 0.462 e. The van der Waals surface area contributed by atoms with Crippen LogP contribution in [0.5, 0.6) is 0 Å². The van der Waals surface area contributed by atoms with E-state index < -0.39 is 0 Å². The van der Waals surface area contributed by atoms with E-state index in [2.05, 4.69) is 0 Å². The van der Waals surface area contributed by atoms with Crippen LogP contribution in [0.3, 0.4) is 0 Å². The topological polar surface area (TPSA) is 85.1 Å². The van der Waals surface area contributed by atoms with E-state index in [1.165, 1.54) is 0 Å². The molecule has 0 aliphatic carbocycles. The fourth-order valence-corrected chi connectivity index (χ4v) is 2.47. The highest BCUT2D eigenvalue weighted by Gasteiger charge is 2.31. The first-order valence-corrected chi connectivity index (χ1v) is 6.86. The van der Waals surface area contributed by atoms with E-state index in [9.17, 15) is 9.59 Å². The van der Waals surface area contributed by atoms with E-state index in [-0.39, 0.29) is 24.7 Å². The Bertz CT molecular complexity index is 546. The maximum absolute atomic E-state index is 11.8. The first-order chi connectivity index (χ1) is 10.2. The molecular weight excluding hydrogens is 274 g/mol. The van der Waals surface area contributed by atoms with Crippen LogP contribution in [0.4, 0.5) is 16.2 Å². The lowest BCUT2D eigenvalue weighted by Gasteiger charge is -2.28. The summed E-state index contributed by atoms with van der Waals surface area (Å²) in [4.78, 5) is 26.5. The smallest absolute Gasteiger partial charge is 0.414 e. The summed E-state index contributed by atoms with van der Waals surface area (Å²) >= 11 is 0. The zero-order chi connectivity index (χ0) is 14.8. The number of nitrogens with two attached hydrogens (primary N) is 1. The van der Waals surface area contributed by atoms with Crippen molar-refractivity contribution in [3.8, 4) is 0 Å². The van der Waals surface area contributed by atoms with E-state index in [4.69, 9.17) is 15.2 Å². The van der Waals surface area contributed by atoms with Gasteiger partial charge < -0.3 is 20.1 Å². The van der Waals surface area contributed by atoms with E-state index in [0.29, 0.717) is 26.2 Å². The number of rotatable bonds is 3. The third-order valence-electron chi connectivity index (χ3n) is 3.61. The SMILES string of the molecule is NC[C@H]1CN(c2ccc(N3CCOC(=O)C3)cc2)C(=O)O1. The van der Waals surface area contributed by atoms with Gasteiger partial charge in [-0.25, -0.2) is 4.79 Å². The molecule has 21 heavy (non-hydrogen) atoms. The minimum atomic E-state index is -0.375. The molecule has 112 valence electrons. The van der Waals surface area contributed by atoms with Crippen LogP contribution in [0.1, 0.15) is 0 Å². The van der Waals surface area contributed by atoms with Crippen molar-refractivity contribution in [2.75, 3.05) is 42.6 Å². The van der Waals surface area contributed by atoms with Gasteiger partial charge in [-0.2, -0.15) is 0 Å². The summed E-state index contributed by atoms with van der Waals surface area (Å²) < 4.78 is 10.0. The Morgan fingerprint density at radius 2 is 1.90 bits per heavy atom. The second-order valence-corrected chi connectivity index (χ2v) is 5.01. The van der Waals surface area contributed by atoms with Gasteiger partial charge in [-0.1, -0.05) is 0 Å². The van der Waals surface area contributed by atoms with Crippen LogP contribution in [0.15, 0.2) is 24.3 Å². The molecule has 1 aromatic rings. The number of carbonyl (C=O) groups excluding carboxylic acids is 2. The maximum Gasteiger partial charge on any atom is 0.414 e. The highest BCUT2D eigenvalue weighted by molar-refractivity contribution is 5.90. The third-order valence-corrected chi connectivity index (χ3v) is 3.61. The number of amides is 1. The monoisotopic (exact) mass is 291 g/mol. The summed E-state index contributed by atoms with van der Waals surface area (Å²) in [5.41, 5.74) is 7.21. The molecule has 1 amide bonds. The van der Waals surface area contributed by atoms with Crippen LogP contribution in [0.2, 0.25) is 0 Å². The van der Waals surface area contributed by atoms with Gasteiger partial charge in [0.25, 0.3) is 0 Å². The van der Waals surface area contributed by atoms with Crippen molar-refractivity contribution in [2.45, 2.75) is 6.10 Å². The van der Waals surface area contributed by atoms with Gasteiger partial charge in [0.05, 0.1) is 13.1 Å². The first-order valence-electron chi connectivity index (χ1n) is 6.86. The predicted molar refractivity (Wildman–Crippen MR) is 76.3 cm³/mol. The fourth-order valence-electron chi connectivity index (χ4n) is 2.47. The summed E-state index contributed by atoms with van der Waals surface area (Å²) in [6.07, 6.45) is -0.631. The molecule has 0 radical (unpaired) electrons. The molecule has 3 rings (SSSR count). The lowest BCUT2D eigenvalue weighted by molar-refractivity contribution is -0.143. The lowest BCUT2D eigenvalue weighted by atomic mass is 10.2. The Hall–Kier alpha value is -2.28. The van der Waals surface area contributed by atoms with Crippen LogP contribution in [0.25, 0.3) is 0 Å². The van der Waals surface area contributed by atoms with E-state index in [1.54, 1.807) is 4.90 Å². The number of anilines is 2. The van der Waals surface area contributed by atoms with Crippen LogP contribution in [0, 0.1) is 0 Å². The van der Waals surface area contributed by atoms with Crippen molar-refractivity contribution in [1.29, 1.82) is 0 Å². The third kappa shape index (κ3) is 2.78. The summed E-state index contributed by atoms with van der Waals surface area (Å²) in [7, 11) is 0. The van der Waals surface area contributed by atoms with Gasteiger partial charge in [-0.3, -0.25) is 9.69 Å². The van der Waals surface area contributed by atoms with Crippen molar-refractivity contribution in [1.82, 2.24) is 0 Å². The molecule has 7 heteroatoms. The standard InChI is InChI=1S/C14H17N3O4/c15-7-12-8-17(14(19)21-12)11-3-1-10(2-4-11)16-5-6-20-13(18)9-16/h1-4,12H,5-9,15H2/t12-/m0/s1. The molecule has 0 unspecified atom stereocenters. The Morgan fingerprint density at radius 3 is 2.52 bits per heavy atom. The maximum atomic E-state index is 11.8. The Morgan fingerprint density at radius 1 is 1.19 bits per heavy atom. The van der Waals surface area contributed by atoms with Crippen molar-refractivity contribution in [3.05, 3.63) is 24.3 Å². The summed E-state index contributed by atoms with van der Waals surface area (Å²) in [6, 6.07) is 7.46. The molecule has 2 heterocycles. The van der Waals surface area contributed by atoms with Gasteiger partial charge in [0.15, 0.2) is 0 Å². The number of benzene rings is 1.